The van der Waals surface area contributed by atoms with Crippen LogP contribution in [0, 0.1) is 17.0 Å². The third-order valence-corrected chi connectivity index (χ3v) is 4.47. The number of carbonyl (C=O) groups excluding carboxylic acids is 1. The fraction of sp³-hybridized carbons (Fsp3) is 0.182. The molecule has 0 aliphatic heterocycles. The van der Waals surface area contributed by atoms with E-state index in [1.807, 2.05) is 6.92 Å². The highest BCUT2D eigenvalue weighted by atomic mass is 32.2. The van der Waals surface area contributed by atoms with Crippen LogP contribution in [0.4, 0.5) is 5.69 Å². The van der Waals surface area contributed by atoms with Gasteiger partial charge in [0.25, 0.3) is 5.69 Å². The lowest BCUT2D eigenvalue weighted by Crippen LogP contribution is -1.90. The Bertz CT molecular complexity index is 654. The number of carbonyl (C=O) groups is 1. The van der Waals surface area contributed by atoms with Crippen LogP contribution in [-0.2, 0) is 0 Å². The molecule has 2 aromatic rings. The number of rotatable bonds is 4. The Labute approximate surface area is 117 Å². The Morgan fingerprint density at radius 1 is 1.53 bits per heavy atom. The molecule has 6 nitrogen and oxygen atoms in total. The van der Waals surface area contributed by atoms with Crippen LogP contribution in [0.3, 0.4) is 0 Å². The maximum absolute atomic E-state index is 11.3. The average Bonchev–Trinajstić information content (AvgIpc) is 2.73. The van der Waals surface area contributed by atoms with Gasteiger partial charge < -0.3 is 0 Å². The summed E-state index contributed by atoms with van der Waals surface area (Å²) >= 11 is 2.19. The van der Waals surface area contributed by atoms with Crippen molar-refractivity contribution in [1.82, 2.24) is 9.97 Å². The molecule has 0 atom stereocenters. The van der Waals surface area contributed by atoms with Crippen molar-refractivity contribution >= 4 is 34.6 Å². The second-order valence-corrected chi connectivity index (χ2v) is 5.97. The number of nitrogens with zero attached hydrogens (tertiary/aromatic N) is 3. The van der Waals surface area contributed by atoms with Crippen molar-refractivity contribution < 1.29 is 9.72 Å². The first-order valence-electron chi connectivity index (χ1n) is 5.24. The van der Waals surface area contributed by atoms with Gasteiger partial charge in [-0.15, -0.1) is 11.3 Å². The standard InChI is InChI=1S/C11H9N3O3S2/c1-6-3-4-12-11(13-6)19-10-8(14(16)17)5-9(18-10)7(2)15/h3-5H,1-2H3. The van der Waals surface area contributed by atoms with E-state index in [2.05, 4.69) is 9.97 Å². The van der Waals surface area contributed by atoms with E-state index >= 15 is 0 Å². The van der Waals surface area contributed by atoms with Crippen molar-refractivity contribution in [2.75, 3.05) is 0 Å². The zero-order valence-corrected chi connectivity index (χ0v) is 11.7. The average molecular weight is 295 g/mol. The molecule has 19 heavy (non-hydrogen) atoms. The maximum atomic E-state index is 11.3. The van der Waals surface area contributed by atoms with Gasteiger partial charge in [0, 0.05) is 18.0 Å². The van der Waals surface area contributed by atoms with Crippen molar-refractivity contribution in [3.05, 3.63) is 39.0 Å². The summed E-state index contributed by atoms with van der Waals surface area (Å²) in [7, 11) is 0. The zero-order chi connectivity index (χ0) is 14.0. The van der Waals surface area contributed by atoms with Gasteiger partial charge in [-0.05, 0) is 31.7 Å². The number of hydrogen-bond acceptors (Lipinski definition) is 7. The molecule has 0 N–H and O–H groups in total. The van der Waals surface area contributed by atoms with Crippen LogP contribution in [-0.4, -0.2) is 20.7 Å². The highest BCUT2D eigenvalue weighted by molar-refractivity contribution is 8.01. The molecule has 0 amide bonds. The number of aromatic nitrogens is 2. The minimum Gasteiger partial charge on any atom is -0.294 e. The largest absolute Gasteiger partial charge is 0.294 e. The van der Waals surface area contributed by atoms with Crippen LogP contribution in [0.1, 0.15) is 22.3 Å². The zero-order valence-electron chi connectivity index (χ0n) is 10.1. The minimum atomic E-state index is -0.499. The van der Waals surface area contributed by atoms with Gasteiger partial charge in [-0.1, -0.05) is 0 Å². The first-order valence-corrected chi connectivity index (χ1v) is 6.87. The lowest BCUT2D eigenvalue weighted by molar-refractivity contribution is -0.387. The molecule has 8 heteroatoms. The predicted octanol–water partition coefficient (Wildman–Crippen LogP) is 3.11. The van der Waals surface area contributed by atoms with Crippen LogP contribution in [0.2, 0.25) is 0 Å². The van der Waals surface area contributed by atoms with Gasteiger partial charge >= 0.3 is 0 Å². The molecule has 0 spiro atoms. The molecular weight excluding hydrogens is 286 g/mol. The van der Waals surface area contributed by atoms with Gasteiger partial charge in [0.1, 0.15) is 4.21 Å². The number of nitro groups is 1. The minimum absolute atomic E-state index is 0.0784. The summed E-state index contributed by atoms with van der Waals surface area (Å²) in [6, 6.07) is 3.04. The van der Waals surface area contributed by atoms with E-state index in [1.54, 1.807) is 12.3 Å². The van der Waals surface area contributed by atoms with Crippen molar-refractivity contribution in [1.29, 1.82) is 0 Å². The van der Waals surface area contributed by atoms with Gasteiger partial charge in [0.05, 0.1) is 9.80 Å². The van der Waals surface area contributed by atoms with Crippen molar-refractivity contribution in [3.63, 3.8) is 0 Å². The van der Waals surface area contributed by atoms with E-state index in [9.17, 15) is 14.9 Å². The third kappa shape index (κ3) is 3.15. The van der Waals surface area contributed by atoms with Gasteiger partial charge in [-0.25, -0.2) is 9.97 Å². The van der Waals surface area contributed by atoms with Gasteiger partial charge in [-0.2, -0.15) is 0 Å². The highest BCUT2D eigenvalue weighted by Crippen LogP contribution is 2.40. The molecule has 0 aliphatic rings. The first-order chi connectivity index (χ1) is 8.97. The lowest BCUT2D eigenvalue weighted by Gasteiger charge is -1.97. The topological polar surface area (TPSA) is 86.0 Å². The van der Waals surface area contributed by atoms with E-state index in [0.29, 0.717) is 14.2 Å². The fourth-order valence-corrected chi connectivity index (χ4v) is 3.42. The molecule has 2 aromatic heterocycles. The SMILES string of the molecule is CC(=O)c1cc([N+](=O)[O-])c(Sc2nccc(C)n2)s1. The van der Waals surface area contributed by atoms with E-state index < -0.39 is 4.92 Å². The van der Waals surface area contributed by atoms with Crippen LogP contribution >= 0.6 is 23.1 Å². The van der Waals surface area contributed by atoms with Crippen molar-refractivity contribution in [2.24, 2.45) is 0 Å². The summed E-state index contributed by atoms with van der Waals surface area (Å²) in [4.78, 5) is 30.3. The molecular formula is C11H9N3O3S2. The summed E-state index contributed by atoms with van der Waals surface area (Å²) in [6.07, 6.45) is 1.59. The summed E-state index contributed by atoms with van der Waals surface area (Å²) < 4.78 is 0.417. The van der Waals surface area contributed by atoms with Crippen LogP contribution in [0.5, 0.6) is 0 Å². The normalized spacial score (nSPS) is 10.4. The van der Waals surface area contributed by atoms with E-state index in [-0.39, 0.29) is 11.5 Å². The van der Waals surface area contributed by atoms with Crippen LogP contribution < -0.4 is 0 Å². The molecule has 98 valence electrons. The molecule has 0 aromatic carbocycles. The molecule has 0 fully saturated rings. The maximum Gasteiger partial charge on any atom is 0.294 e. The Balaban J connectivity index is 2.38. The van der Waals surface area contributed by atoms with Crippen LogP contribution in [0.25, 0.3) is 0 Å². The summed E-state index contributed by atoms with van der Waals surface area (Å²) in [5.74, 6) is -0.190. The third-order valence-electron chi connectivity index (χ3n) is 2.18. The number of thiophene rings is 1. The molecule has 0 radical (unpaired) electrons. The summed E-state index contributed by atoms with van der Waals surface area (Å²) in [6.45, 7) is 3.20. The number of ketones is 1. The molecule has 0 saturated carbocycles. The second-order valence-electron chi connectivity index (χ2n) is 3.68. The molecule has 2 heterocycles. The monoisotopic (exact) mass is 295 g/mol. The van der Waals surface area contributed by atoms with Gasteiger partial charge in [0.15, 0.2) is 10.9 Å². The van der Waals surface area contributed by atoms with Crippen LogP contribution in [0.15, 0.2) is 27.7 Å². The van der Waals surface area contributed by atoms with Gasteiger partial charge in [-0.3, -0.25) is 14.9 Å². The lowest BCUT2D eigenvalue weighted by atomic mass is 10.3. The first kappa shape index (κ1) is 13.6. The fourth-order valence-electron chi connectivity index (χ4n) is 1.30. The van der Waals surface area contributed by atoms with E-state index in [4.69, 9.17) is 0 Å². The summed E-state index contributed by atoms with van der Waals surface area (Å²) in [5, 5.41) is 11.4. The molecule has 2 rings (SSSR count). The number of Topliss-reactive ketones (excluding diaryl/α,β-unsaturated/α-hetero) is 1. The number of hydrogen-bond donors (Lipinski definition) is 0. The smallest absolute Gasteiger partial charge is 0.294 e. The van der Waals surface area contributed by atoms with Gasteiger partial charge in [0.2, 0.25) is 0 Å². The molecule has 0 saturated heterocycles. The van der Waals surface area contributed by atoms with Crippen molar-refractivity contribution in [3.8, 4) is 0 Å². The van der Waals surface area contributed by atoms with E-state index in [1.165, 1.54) is 13.0 Å². The Morgan fingerprint density at radius 2 is 2.26 bits per heavy atom. The number of aryl methyl sites for hydroxylation is 1. The highest BCUT2D eigenvalue weighted by Gasteiger charge is 2.22. The molecule has 0 bridgehead atoms. The Kier molecular flexibility index (Phi) is 3.91. The molecule has 0 unspecified atom stereocenters. The van der Waals surface area contributed by atoms with E-state index in [0.717, 1.165) is 28.8 Å². The summed E-state index contributed by atoms with van der Waals surface area (Å²) in [5.41, 5.74) is 0.703. The second kappa shape index (κ2) is 5.45. The van der Waals surface area contributed by atoms with Crippen molar-refractivity contribution in [2.45, 2.75) is 23.2 Å². The predicted molar refractivity (Wildman–Crippen MR) is 71.9 cm³/mol. The molecule has 0 aliphatic carbocycles. The quantitative estimate of drug-likeness (QED) is 0.373. The Morgan fingerprint density at radius 3 is 2.84 bits per heavy atom. The Hall–Kier alpha value is -1.80.